The van der Waals surface area contributed by atoms with Crippen molar-refractivity contribution in [2.24, 2.45) is 0 Å². The number of aryl methyl sites for hydroxylation is 1. The maximum Gasteiger partial charge on any atom is 0.236 e. The first-order valence-electron chi connectivity index (χ1n) is 6.35. The molecule has 6 heteroatoms. The van der Waals surface area contributed by atoms with Gasteiger partial charge in [0.25, 0.3) is 0 Å². The third kappa shape index (κ3) is 4.80. The van der Waals surface area contributed by atoms with E-state index in [0.29, 0.717) is 6.54 Å². The average Bonchev–Trinajstić information content (AvgIpc) is 2.33. The van der Waals surface area contributed by atoms with Crippen LogP contribution in [0.2, 0.25) is 0 Å². The predicted octanol–water partition coefficient (Wildman–Crippen LogP) is 2.26. The van der Waals surface area contributed by atoms with Gasteiger partial charge in [0, 0.05) is 6.54 Å². The summed E-state index contributed by atoms with van der Waals surface area (Å²) in [6.07, 6.45) is 0.937. The zero-order valence-corrected chi connectivity index (χ0v) is 12.3. The molecule has 0 fully saturated rings. The van der Waals surface area contributed by atoms with E-state index in [1.165, 1.54) is 12.1 Å². The predicted molar refractivity (Wildman–Crippen MR) is 76.3 cm³/mol. The van der Waals surface area contributed by atoms with E-state index in [2.05, 4.69) is 10.0 Å². The lowest BCUT2D eigenvalue weighted by Gasteiger charge is -2.16. The number of hydrogen-bond donors (Lipinski definition) is 2. The molecule has 0 saturated heterocycles. The Balaban J connectivity index is 2.75. The smallest absolute Gasteiger partial charge is 0.236 e. The van der Waals surface area contributed by atoms with Gasteiger partial charge in [-0.2, -0.15) is 0 Å². The highest BCUT2D eigenvalue weighted by Crippen LogP contribution is 2.18. The first-order chi connectivity index (χ1) is 8.86. The van der Waals surface area contributed by atoms with Gasteiger partial charge < -0.3 is 5.32 Å². The summed E-state index contributed by atoms with van der Waals surface area (Å²) < 4.78 is 39.9. The Labute approximate surface area is 114 Å². The fraction of sp³-hybridized carbons (Fsp3) is 0.538. The Morgan fingerprint density at radius 2 is 2.05 bits per heavy atom. The molecule has 19 heavy (non-hydrogen) atoms. The summed E-state index contributed by atoms with van der Waals surface area (Å²) in [6.45, 7) is 6.49. The number of benzene rings is 1. The van der Waals surface area contributed by atoms with E-state index in [4.69, 9.17) is 0 Å². The van der Waals surface area contributed by atoms with E-state index in [1.807, 2.05) is 6.92 Å². The summed E-state index contributed by atoms with van der Waals surface area (Å²) in [4.78, 5) is 0. The second-order valence-electron chi connectivity index (χ2n) is 4.65. The van der Waals surface area contributed by atoms with E-state index >= 15 is 0 Å². The van der Waals surface area contributed by atoms with Gasteiger partial charge in [0.15, 0.2) is 0 Å². The van der Waals surface area contributed by atoms with Crippen LogP contribution >= 0.6 is 0 Å². The highest BCUT2D eigenvalue weighted by molar-refractivity contribution is 7.93. The van der Waals surface area contributed by atoms with E-state index < -0.39 is 21.1 Å². The molecule has 0 aliphatic heterocycles. The molecular weight excluding hydrogens is 267 g/mol. The summed E-state index contributed by atoms with van der Waals surface area (Å²) in [5.74, 6) is -0.567. The van der Waals surface area contributed by atoms with Crippen LogP contribution in [0.15, 0.2) is 18.2 Å². The lowest BCUT2D eigenvalue weighted by atomic mass is 10.2. The zero-order chi connectivity index (χ0) is 14.5. The molecule has 108 valence electrons. The molecule has 0 saturated carbocycles. The number of nitrogens with one attached hydrogen (secondary N) is 2. The molecule has 0 aromatic heterocycles. The van der Waals surface area contributed by atoms with Gasteiger partial charge in [0.2, 0.25) is 10.0 Å². The second-order valence-corrected chi connectivity index (χ2v) is 6.74. The quantitative estimate of drug-likeness (QED) is 0.757. The van der Waals surface area contributed by atoms with Crippen LogP contribution in [0.5, 0.6) is 0 Å². The Hall–Kier alpha value is -1.14. The van der Waals surface area contributed by atoms with Gasteiger partial charge in [-0.15, -0.1) is 0 Å². The molecule has 0 spiro atoms. The van der Waals surface area contributed by atoms with Gasteiger partial charge in [-0.25, -0.2) is 12.8 Å². The number of anilines is 1. The first kappa shape index (κ1) is 15.9. The molecule has 0 aliphatic carbocycles. The summed E-state index contributed by atoms with van der Waals surface area (Å²) in [7, 11) is -3.59. The van der Waals surface area contributed by atoms with Crippen molar-refractivity contribution in [3.63, 3.8) is 0 Å². The molecule has 0 amide bonds. The van der Waals surface area contributed by atoms with Crippen LogP contribution in [-0.2, 0) is 10.0 Å². The van der Waals surface area contributed by atoms with E-state index in [9.17, 15) is 12.8 Å². The van der Waals surface area contributed by atoms with Gasteiger partial charge in [-0.1, -0.05) is 13.0 Å². The van der Waals surface area contributed by atoms with Crippen molar-refractivity contribution < 1.29 is 12.8 Å². The summed E-state index contributed by atoms with van der Waals surface area (Å²) in [5.41, 5.74) is 0.804. The molecule has 0 aliphatic rings. The number of hydrogen-bond acceptors (Lipinski definition) is 3. The van der Waals surface area contributed by atoms with Crippen LogP contribution in [-0.4, -0.2) is 26.8 Å². The molecule has 1 atom stereocenters. The minimum absolute atomic E-state index is 0.00217. The van der Waals surface area contributed by atoms with E-state index in [0.717, 1.165) is 18.5 Å². The Kier molecular flexibility index (Phi) is 5.75. The van der Waals surface area contributed by atoms with Crippen LogP contribution in [0.1, 0.15) is 25.8 Å². The minimum atomic E-state index is -3.59. The minimum Gasteiger partial charge on any atom is -0.315 e. The molecule has 1 aromatic rings. The maximum absolute atomic E-state index is 13.5. The Morgan fingerprint density at radius 3 is 2.68 bits per heavy atom. The Bertz CT molecular complexity index is 517. The van der Waals surface area contributed by atoms with Gasteiger partial charge in [0.05, 0.1) is 10.9 Å². The molecular formula is C13H21FN2O2S. The third-order valence-electron chi connectivity index (χ3n) is 2.76. The molecule has 0 radical (unpaired) electrons. The van der Waals surface area contributed by atoms with Crippen LogP contribution in [0, 0.1) is 12.7 Å². The van der Waals surface area contributed by atoms with Crippen molar-refractivity contribution >= 4 is 15.7 Å². The van der Waals surface area contributed by atoms with Crippen LogP contribution in [0.3, 0.4) is 0 Å². The third-order valence-corrected chi connectivity index (χ3v) is 4.49. The molecule has 0 bridgehead atoms. The number of sulfonamides is 1. The second kappa shape index (κ2) is 6.86. The van der Waals surface area contributed by atoms with E-state index in [-0.39, 0.29) is 5.69 Å². The SMILES string of the molecule is CCCNCC(C)S(=O)(=O)Nc1cc(C)ccc1F. The highest BCUT2D eigenvalue weighted by Gasteiger charge is 2.21. The van der Waals surface area contributed by atoms with Crippen molar-refractivity contribution in [1.29, 1.82) is 0 Å². The number of halogens is 1. The molecule has 1 aromatic carbocycles. The summed E-state index contributed by atoms with van der Waals surface area (Å²) in [6, 6.07) is 4.34. The lowest BCUT2D eigenvalue weighted by molar-refractivity contribution is 0.574. The lowest BCUT2D eigenvalue weighted by Crippen LogP contribution is -2.35. The highest BCUT2D eigenvalue weighted by atomic mass is 32.2. The van der Waals surface area contributed by atoms with Crippen molar-refractivity contribution in [1.82, 2.24) is 5.32 Å². The molecule has 0 heterocycles. The molecule has 1 rings (SSSR count). The normalized spacial score (nSPS) is 13.3. The molecule has 1 unspecified atom stereocenters. The average molecular weight is 288 g/mol. The van der Waals surface area contributed by atoms with Gasteiger partial charge >= 0.3 is 0 Å². The van der Waals surface area contributed by atoms with E-state index in [1.54, 1.807) is 19.9 Å². The van der Waals surface area contributed by atoms with Gasteiger partial charge in [-0.05, 0) is 44.5 Å². The van der Waals surface area contributed by atoms with Gasteiger partial charge in [0.1, 0.15) is 5.82 Å². The van der Waals surface area contributed by atoms with Crippen LogP contribution < -0.4 is 10.0 Å². The Morgan fingerprint density at radius 1 is 1.37 bits per heavy atom. The fourth-order valence-electron chi connectivity index (χ4n) is 1.56. The largest absolute Gasteiger partial charge is 0.315 e. The zero-order valence-electron chi connectivity index (χ0n) is 11.5. The van der Waals surface area contributed by atoms with Crippen molar-refractivity contribution in [2.45, 2.75) is 32.4 Å². The molecule has 2 N–H and O–H groups in total. The standard InChI is InChI=1S/C13H21FN2O2S/c1-4-7-15-9-11(3)19(17,18)16-13-8-10(2)5-6-12(13)14/h5-6,8,11,15-16H,4,7,9H2,1-3H3. The van der Waals surface area contributed by atoms with Crippen LogP contribution in [0.4, 0.5) is 10.1 Å². The summed E-state index contributed by atoms with van der Waals surface area (Å²) in [5, 5.41) is 2.41. The topological polar surface area (TPSA) is 58.2 Å². The molecule has 4 nitrogen and oxygen atoms in total. The maximum atomic E-state index is 13.5. The first-order valence-corrected chi connectivity index (χ1v) is 7.90. The summed E-state index contributed by atoms with van der Waals surface area (Å²) >= 11 is 0. The van der Waals surface area contributed by atoms with Crippen LogP contribution in [0.25, 0.3) is 0 Å². The fourth-order valence-corrected chi connectivity index (χ4v) is 2.56. The number of rotatable bonds is 7. The monoisotopic (exact) mass is 288 g/mol. The van der Waals surface area contributed by atoms with Crippen molar-refractivity contribution in [3.05, 3.63) is 29.6 Å². The van der Waals surface area contributed by atoms with Crippen molar-refractivity contribution in [2.75, 3.05) is 17.8 Å². The van der Waals surface area contributed by atoms with Gasteiger partial charge in [-0.3, -0.25) is 4.72 Å². The van der Waals surface area contributed by atoms with Crippen molar-refractivity contribution in [3.8, 4) is 0 Å².